The summed E-state index contributed by atoms with van der Waals surface area (Å²) >= 11 is 5.82. The van der Waals surface area contributed by atoms with Crippen molar-refractivity contribution >= 4 is 33.2 Å². The van der Waals surface area contributed by atoms with Crippen molar-refractivity contribution in [2.75, 3.05) is 18.9 Å². The van der Waals surface area contributed by atoms with Crippen LogP contribution in [0.2, 0.25) is 5.02 Å². The number of halogens is 1. The minimum Gasteiger partial charge on any atom is -0.487 e. The zero-order chi connectivity index (χ0) is 22.4. The van der Waals surface area contributed by atoms with Crippen molar-refractivity contribution in [2.45, 2.75) is 18.4 Å². The summed E-state index contributed by atoms with van der Waals surface area (Å²) in [6, 6.07) is 20.9. The average molecular weight is 459 g/mol. The summed E-state index contributed by atoms with van der Waals surface area (Å²) < 4.78 is 32.2. The fraction of sp³-hybridized carbons (Fsp3) is 0.174. The summed E-state index contributed by atoms with van der Waals surface area (Å²) in [5.41, 5.74) is 2.45. The Balaban J connectivity index is 1.69. The lowest BCUT2D eigenvalue weighted by Crippen LogP contribution is -2.35. The van der Waals surface area contributed by atoms with E-state index in [2.05, 4.69) is 5.32 Å². The van der Waals surface area contributed by atoms with Gasteiger partial charge in [0.2, 0.25) is 15.9 Å². The van der Waals surface area contributed by atoms with Gasteiger partial charge >= 0.3 is 0 Å². The first-order valence-electron chi connectivity index (χ1n) is 9.55. The van der Waals surface area contributed by atoms with Crippen LogP contribution >= 0.6 is 11.6 Å². The van der Waals surface area contributed by atoms with Crippen molar-refractivity contribution in [3.8, 4) is 5.75 Å². The monoisotopic (exact) mass is 458 g/mol. The van der Waals surface area contributed by atoms with Gasteiger partial charge < -0.3 is 10.1 Å². The first-order chi connectivity index (χ1) is 14.8. The molecule has 31 heavy (non-hydrogen) atoms. The molecule has 0 saturated carbocycles. The number of likely N-dealkylation sites (N-methyl/N-ethyl adjacent to an activating group) is 1. The number of aryl methyl sites for hydroxylation is 1. The Bertz CT molecular complexity index is 1150. The predicted octanol–water partition coefficient (Wildman–Crippen LogP) is 4.49. The van der Waals surface area contributed by atoms with Crippen LogP contribution in [-0.2, 0) is 21.4 Å². The average Bonchev–Trinajstić information content (AvgIpc) is 2.75. The lowest BCUT2D eigenvalue weighted by molar-refractivity contribution is -0.116. The van der Waals surface area contributed by atoms with Gasteiger partial charge in [0.25, 0.3) is 0 Å². The van der Waals surface area contributed by atoms with Gasteiger partial charge in [-0.1, -0.05) is 48.0 Å². The summed E-state index contributed by atoms with van der Waals surface area (Å²) in [6.45, 7) is 1.92. The van der Waals surface area contributed by atoms with Crippen molar-refractivity contribution in [2.24, 2.45) is 0 Å². The maximum absolute atomic E-state index is 12.7. The maximum atomic E-state index is 12.7. The molecule has 1 amide bonds. The Morgan fingerprint density at radius 2 is 1.71 bits per heavy atom. The molecule has 3 aromatic carbocycles. The minimum absolute atomic E-state index is 0.0643. The van der Waals surface area contributed by atoms with Gasteiger partial charge in [-0.25, -0.2) is 8.42 Å². The molecule has 3 rings (SSSR count). The Hall–Kier alpha value is -2.87. The van der Waals surface area contributed by atoms with E-state index in [0.29, 0.717) is 23.1 Å². The van der Waals surface area contributed by atoms with Gasteiger partial charge in [-0.05, 0) is 54.4 Å². The molecule has 0 atom stereocenters. The number of hydrogen-bond acceptors (Lipinski definition) is 4. The van der Waals surface area contributed by atoms with E-state index < -0.39 is 15.9 Å². The van der Waals surface area contributed by atoms with Gasteiger partial charge in [0.05, 0.1) is 17.1 Å². The van der Waals surface area contributed by atoms with Crippen LogP contribution in [0.5, 0.6) is 5.75 Å². The molecule has 0 aliphatic carbocycles. The zero-order valence-corrected chi connectivity index (χ0v) is 18.8. The lowest BCUT2D eigenvalue weighted by atomic mass is 10.2. The topological polar surface area (TPSA) is 75.7 Å². The number of anilines is 1. The van der Waals surface area contributed by atoms with Crippen LogP contribution in [0, 0.1) is 6.92 Å². The highest BCUT2D eigenvalue weighted by molar-refractivity contribution is 7.89. The van der Waals surface area contributed by atoms with E-state index >= 15 is 0 Å². The maximum Gasteiger partial charge on any atom is 0.243 e. The Kier molecular flexibility index (Phi) is 7.33. The van der Waals surface area contributed by atoms with Gasteiger partial charge in [0.15, 0.2) is 0 Å². The largest absolute Gasteiger partial charge is 0.487 e. The minimum atomic E-state index is -3.82. The van der Waals surface area contributed by atoms with Gasteiger partial charge in [-0.3, -0.25) is 4.79 Å². The molecule has 0 aromatic heterocycles. The first kappa shape index (κ1) is 22.8. The molecule has 0 bridgehead atoms. The van der Waals surface area contributed by atoms with Gasteiger partial charge in [-0.15, -0.1) is 0 Å². The second kappa shape index (κ2) is 9.96. The molecule has 0 aliphatic rings. The van der Waals surface area contributed by atoms with Crippen molar-refractivity contribution in [1.29, 1.82) is 0 Å². The van der Waals surface area contributed by atoms with Crippen LogP contribution in [0.25, 0.3) is 0 Å². The molecule has 6 nitrogen and oxygen atoms in total. The number of hydrogen-bond donors (Lipinski definition) is 1. The van der Waals surface area contributed by atoms with Crippen LogP contribution in [-0.4, -0.2) is 32.2 Å². The summed E-state index contributed by atoms with van der Waals surface area (Å²) in [5, 5.41) is 3.18. The third-order valence-electron chi connectivity index (χ3n) is 4.54. The normalized spacial score (nSPS) is 11.4. The number of ether oxygens (including phenoxy) is 1. The quantitative estimate of drug-likeness (QED) is 0.539. The van der Waals surface area contributed by atoms with Gasteiger partial charge in [0, 0.05) is 12.1 Å². The van der Waals surface area contributed by atoms with Crippen molar-refractivity contribution in [3.63, 3.8) is 0 Å². The SMILES string of the molecule is Cc1ccc(NC(=O)CN(C)S(=O)(=O)c2ccc(Cl)cc2)c(OCc2ccccc2)c1. The van der Waals surface area contributed by atoms with Crippen molar-refractivity contribution < 1.29 is 17.9 Å². The van der Waals surface area contributed by atoms with E-state index in [4.69, 9.17) is 16.3 Å². The molecule has 3 aromatic rings. The first-order valence-corrected chi connectivity index (χ1v) is 11.4. The molecule has 162 valence electrons. The number of nitrogens with zero attached hydrogens (tertiary/aromatic N) is 1. The molecule has 0 radical (unpaired) electrons. The third kappa shape index (κ3) is 6.07. The Morgan fingerprint density at radius 3 is 2.39 bits per heavy atom. The highest BCUT2D eigenvalue weighted by Crippen LogP contribution is 2.27. The fourth-order valence-electron chi connectivity index (χ4n) is 2.85. The summed E-state index contributed by atoms with van der Waals surface area (Å²) in [5.74, 6) is 0.0360. The predicted molar refractivity (Wildman–Crippen MR) is 122 cm³/mol. The molecule has 8 heteroatoms. The summed E-state index contributed by atoms with van der Waals surface area (Å²) in [4.78, 5) is 12.6. The van der Waals surface area contributed by atoms with Crippen LogP contribution in [0.3, 0.4) is 0 Å². The van der Waals surface area contributed by atoms with Crippen molar-refractivity contribution in [1.82, 2.24) is 4.31 Å². The van der Waals surface area contributed by atoms with Crippen LogP contribution in [0.15, 0.2) is 77.7 Å². The van der Waals surface area contributed by atoms with Crippen LogP contribution < -0.4 is 10.1 Å². The number of nitrogens with one attached hydrogen (secondary N) is 1. The fourth-order valence-corrected chi connectivity index (χ4v) is 4.10. The molecule has 0 fully saturated rings. The second-order valence-electron chi connectivity index (χ2n) is 7.04. The number of rotatable bonds is 8. The second-order valence-corrected chi connectivity index (χ2v) is 9.52. The highest BCUT2D eigenvalue weighted by atomic mass is 35.5. The van der Waals surface area contributed by atoms with Crippen molar-refractivity contribution in [3.05, 3.63) is 88.9 Å². The van der Waals surface area contributed by atoms with Gasteiger partial charge in [-0.2, -0.15) is 4.31 Å². The molecule has 0 unspecified atom stereocenters. The number of amides is 1. The standard InChI is InChI=1S/C23H23ClN2O4S/c1-17-8-13-21(22(14-17)30-16-18-6-4-3-5-7-18)25-23(27)15-26(2)31(28,29)20-11-9-19(24)10-12-20/h3-14H,15-16H2,1-2H3,(H,25,27). The van der Waals surface area contributed by atoms with Gasteiger partial charge in [0.1, 0.15) is 12.4 Å². The lowest BCUT2D eigenvalue weighted by Gasteiger charge is -2.18. The molecule has 0 spiro atoms. The number of benzene rings is 3. The number of sulfonamides is 1. The smallest absolute Gasteiger partial charge is 0.243 e. The van der Waals surface area contributed by atoms with E-state index in [1.165, 1.54) is 31.3 Å². The molecule has 0 saturated heterocycles. The molecule has 0 aliphatic heterocycles. The Labute approximate surface area is 187 Å². The van der Waals surface area contributed by atoms with E-state index in [1.807, 2.05) is 49.4 Å². The molecule has 1 N–H and O–H groups in total. The van der Waals surface area contributed by atoms with Crippen LogP contribution in [0.1, 0.15) is 11.1 Å². The van der Waals surface area contributed by atoms with E-state index in [-0.39, 0.29) is 11.4 Å². The number of carbonyl (C=O) groups excluding carboxylic acids is 1. The summed E-state index contributed by atoms with van der Waals surface area (Å²) in [7, 11) is -2.47. The summed E-state index contributed by atoms with van der Waals surface area (Å²) in [6.07, 6.45) is 0. The Morgan fingerprint density at radius 1 is 1.03 bits per heavy atom. The molecule has 0 heterocycles. The molecular formula is C23H23ClN2O4S. The highest BCUT2D eigenvalue weighted by Gasteiger charge is 2.23. The van der Waals surface area contributed by atoms with Crippen LogP contribution in [0.4, 0.5) is 5.69 Å². The van der Waals surface area contributed by atoms with E-state index in [1.54, 1.807) is 6.07 Å². The van der Waals surface area contributed by atoms with E-state index in [0.717, 1.165) is 15.4 Å². The third-order valence-corrected chi connectivity index (χ3v) is 6.61. The zero-order valence-electron chi connectivity index (χ0n) is 17.2. The number of carbonyl (C=O) groups is 1. The molecular weight excluding hydrogens is 436 g/mol. The van der Waals surface area contributed by atoms with E-state index in [9.17, 15) is 13.2 Å².